The SMILES string of the molecule is O.O=S(=O)([O-])CC[NH2+]Cc1cc(Br)ccc1O. The zero-order valence-corrected chi connectivity index (χ0v) is 11.3. The van der Waals surface area contributed by atoms with Crippen molar-refractivity contribution in [1.29, 1.82) is 0 Å². The van der Waals surface area contributed by atoms with Gasteiger partial charge in [0.05, 0.1) is 12.3 Å². The number of hydrogen-bond acceptors (Lipinski definition) is 4. The molecule has 5 N–H and O–H groups in total. The van der Waals surface area contributed by atoms with Crippen LogP contribution >= 0.6 is 15.9 Å². The molecule has 1 aromatic rings. The minimum absolute atomic E-state index is 0. The molecule has 0 heterocycles. The summed E-state index contributed by atoms with van der Waals surface area (Å²) in [4.78, 5) is 0. The maximum Gasteiger partial charge on any atom is 0.124 e. The molecular formula is C9H14BrNO5S. The van der Waals surface area contributed by atoms with Crippen LogP contribution in [-0.2, 0) is 16.7 Å². The third-order valence-electron chi connectivity index (χ3n) is 1.98. The van der Waals surface area contributed by atoms with E-state index in [9.17, 15) is 18.1 Å². The summed E-state index contributed by atoms with van der Waals surface area (Å²) < 4.78 is 31.8. The first-order valence-electron chi connectivity index (χ1n) is 4.61. The Labute approximate surface area is 108 Å². The van der Waals surface area contributed by atoms with Crippen molar-refractivity contribution in [2.75, 3.05) is 12.3 Å². The van der Waals surface area contributed by atoms with Crippen molar-refractivity contribution in [3.8, 4) is 5.75 Å². The van der Waals surface area contributed by atoms with Gasteiger partial charge in [-0.15, -0.1) is 0 Å². The van der Waals surface area contributed by atoms with Gasteiger partial charge < -0.3 is 20.5 Å². The summed E-state index contributed by atoms with van der Waals surface area (Å²) in [6.45, 7) is 0.624. The van der Waals surface area contributed by atoms with E-state index in [0.29, 0.717) is 12.1 Å². The van der Waals surface area contributed by atoms with Crippen molar-refractivity contribution >= 4 is 26.0 Å². The van der Waals surface area contributed by atoms with E-state index in [4.69, 9.17) is 0 Å². The Balaban J connectivity index is 0.00000256. The van der Waals surface area contributed by atoms with Crippen LogP contribution in [0.25, 0.3) is 0 Å². The molecule has 0 aromatic heterocycles. The van der Waals surface area contributed by atoms with Crippen molar-refractivity contribution < 1.29 is 28.9 Å². The van der Waals surface area contributed by atoms with Crippen LogP contribution in [0.1, 0.15) is 5.56 Å². The Hall–Kier alpha value is -0.670. The maximum atomic E-state index is 10.3. The first kappa shape index (κ1) is 16.3. The summed E-state index contributed by atoms with van der Waals surface area (Å²) in [5, 5.41) is 11.1. The van der Waals surface area contributed by atoms with Gasteiger partial charge in [-0.25, -0.2) is 8.42 Å². The molecule has 8 heteroatoms. The van der Waals surface area contributed by atoms with Gasteiger partial charge in [0.25, 0.3) is 0 Å². The van der Waals surface area contributed by atoms with Crippen LogP contribution in [0.15, 0.2) is 22.7 Å². The van der Waals surface area contributed by atoms with Crippen LogP contribution in [0.3, 0.4) is 0 Å². The number of benzene rings is 1. The Bertz CT molecular complexity index is 462. The molecule has 17 heavy (non-hydrogen) atoms. The molecule has 1 rings (SSSR count). The third-order valence-corrected chi connectivity index (χ3v) is 3.21. The minimum atomic E-state index is -4.15. The second kappa shape index (κ2) is 6.92. The van der Waals surface area contributed by atoms with E-state index in [1.54, 1.807) is 23.5 Å². The van der Waals surface area contributed by atoms with Crippen LogP contribution in [0, 0.1) is 0 Å². The van der Waals surface area contributed by atoms with Crippen molar-refractivity contribution in [3.05, 3.63) is 28.2 Å². The molecule has 98 valence electrons. The van der Waals surface area contributed by atoms with Crippen LogP contribution in [0.5, 0.6) is 5.75 Å². The molecule has 0 aliphatic carbocycles. The smallest absolute Gasteiger partial charge is 0.124 e. The number of rotatable bonds is 5. The minimum Gasteiger partial charge on any atom is -0.748 e. The number of phenolic OH excluding ortho intramolecular Hbond substituents is 1. The Morgan fingerprint density at radius 2 is 2.06 bits per heavy atom. The van der Waals surface area contributed by atoms with Gasteiger partial charge in [-0.1, -0.05) is 15.9 Å². The van der Waals surface area contributed by atoms with E-state index in [1.807, 2.05) is 0 Å². The van der Waals surface area contributed by atoms with Crippen LogP contribution in [0.2, 0.25) is 0 Å². The Morgan fingerprint density at radius 1 is 1.41 bits per heavy atom. The van der Waals surface area contributed by atoms with E-state index < -0.39 is 15.9 Å². The summed E-state index contributed by atoms with van der Waals surface area (Å²) in [6.07, 6.45) is 0. The van der Waals surface area contributed by atoms with Crippen molar-refractivity contribution in [1.82, 2.24) is 0 Å². The lowest BCUT2D eigenvalue weighted by molar-refractivity contribution is -0.666. The molecule has 0 aliphatic rings. The molecule has 0 spiro atoms. The normalized spacial score (nSPS) is 10.9. The summed E-state index contributed by atoms with van der Waals surface area (Å²) in [5.74, 6) is -0.244. The van der Waals surface area contributed by atoms with Crippen LogP contribution in [-0.4, -0.2) is 35.9 Å². The molecule has 0 amide bonds. The fourth-order valence-electron chi connectivity index (χ4n) is 1.20. The molecule has 0 saturated heterocycles. The molecule has 0 bridgehead atoms. The van der Waals surface area contributed by atoms with E-state index in [-0.39, 0.29) is 17.8 Å². The molecular weight excluding hydrogens is 314 g/mol. The molecule has 0 aliphatic heterocycles. The molecule has 0 unspecified atom stereocenters. The van der Waals surface area contributed by atoms with E-state index in [2.05, 4.69) is 15.9 Å². The fourth-order valence-corrected chi connectivity index (χ4v) is 2.07. The molecule has 6 nitrogen and oxygen atoms in total. The average molecular weight is 328 g/mol. The lowest BCUT2D eigenvalue weighted by atomic mass is 10.2. The summed E-state index contributed by atoms with van der Waals surface area (Å²) in [6, 6.07) is 5.01. The molecule has 0 fully saturated rings. The zero-order chi connectivity index (χ0) is 12.2. The summed E-state index contributed by atoms with van der Waals surface area (Å²) in [5.41, 5.74) is 0.692. The van der Waals surface area contributed by atoms with Gasteiger partial charge in [-0.05, 0) is 18.2 Å². The van der Waals surface area contributed by atoms with Gasteiger partial charge in [0, 0.05) is 10.0 Å². The Morgan fingerprint density at radius 3 is 2.65 bits per heavy atom. The van der Waals surface area contributed by atoms with Gasteiger partial charge in [-0.3, -0.25) is 0 Å². The highest BCUT2D eigenvalue weighted by atomic mass is 79.9. The largest absolute Gasteiger partial charge is 0.748 e. The second-order valence-corrected chi connectivity index (χ2v) is 5.76. The number of nitrogens with two attached hydrogens (primary N) is 1. The topological polar surface area (TPSA) is 126 Å². The van der Waals surface area contributed by atoms with E-state index in [0.717, 1.165) is 4.47 Å². The Kier molecular flexibility index (Phi) is 6.65. The monoisotopic (exact) mass is 327 g/mol. The average Bonchev–Trinajstić information content (AvgIpc) is 2.16. The van der Waals surface area contributed by atoms with Gasteiger partial charge in [0.15, 0.2) is 0 Å². The van der Waals surface area contributed by atoms with Gasteiger partial charge in [-0.2, -0.15) is 0 Å². The number of aromatic hydroxyl groups is 1. The van der Waals surface area contributed by atoms with Crippen molar-refractivity contribution in [3.63, 3.8) is 0 Å². The fraction of sp³-hybridized carbons (Fsp3) is 0.333. The van der Waals surface area contributed by atoms with Gasteiger partial charge in [0.2, 0.25) is 0 Å². The highest BCUT2D eigenvalue weighted by Gasteiger charge is 2.04. The molecule has 1 aromatic carbocycles. The van der Waals surface area contributed by atoms with Gasteiger partial charge >= 0.3 is 0 Å². The number of quaternary nitrogens is 1. The second-order valence-electron chi connectivity index (χ2n) is 3.32. The van der Waals surface area contributed by atoms with Gasteiger partial charge in [0.1, 0.15) is 22.4 Å². The standard InChI is InChI=1S/C9H12BrNO4S.H2O/c10-8-1-2-9(12)7(5-8)6-11-3-4-16(13,14)15;/h1-2,5,11-12H,3-4,6H2,(H,13,14,15);1H2. The highest BCUT2D eigenvalue weighted by Crippen LogP contribution is 2.20. The number of halogens is 1. The maximum absolute atomic E-state index is 10.3. The summed E-state index contributed by atoms with van der Waals surface area (Å²) >= 11 is 3.27. The lowest BCUT2D eigenvalue weighted by Gasteiger charge is -2.07. The quantitative estimate of drug-likeness (QED) is 0.528. The highest BCUT2D eigenvalue weighted by molar-refractivity contribution is 9.10. The predicted octanol–water partition coefficient (Wildman–Crippen LogP) is -1.06. The molecule has 0 atom stereocenters. The van der Waals surface area contributed by atoms with Crippen molar-refractivity contribution in [2.24, 2.45) is 0 Å². The summed E-state index contributed by atoms with van der Waals surface area (Å²) in [7, 11) is -4.15. The first-order chi connectivity index (χ1) is 7.38. The third kappa shape index (κ3) is 6.59. The van der Waals surface area contributed by atoms with Crippen LogP contribution in [0.4, 0.5) is 0 Å². The van der Waals surface area contributed by atoms with E-state index >= 15 is 0 Å². The molecule has 0 radical (unpaired) electrons. The number of hydrogen-bond donors (Lipinski definition) is 2. The van der Waals surface area contributed by atoms with E-state index in [1.165, 1.54) is 0 Å². The zero-order valence-electron chi connectivity index (χ0n) is 8.89. The lowest BCUT2D eigenvalue weighted by Crippen LogP contribution is -2.83. The van der Waals surface area contributed by atoms with Crippen LogP contribution < -0.4 is 5.32 Å². The van der Waals surface area contributed by atoms with Crippen molar-refractivity contribution in [2.45, 2.75) is 6.54 Å². The predicted molar refractivity (Wildman–Crippen MR) is 64.5 cm³/mol. The number of phenols is 1. The molecule has 0 saturated carbocycles. The first-order valence-corrected chi connectivity index (χ1v) is 6.98.